The Bertz CT molecular complexity index is 1080. The fourth-order valence-electron chi connectivity index (χ4n) is 3.16. The fraction of sp³-hybridized carbons (Fsp3) is 0.188. The molecule has 25 heavy (non-hydrogen) atoms. The number of sulfonamides is 1. The van der Waals surface area contributed by atoms with E-state index >= 15 is 0 Å². The number of fused-ring (bicyclic) bond motifs is 2. The van der Waals surface area contributed by atoms with Crippen LogP contribution in [0.25, 0.3) is 11.0 Å². The second-order valence-electron chi connectivity index (χ2n) is 5.67. The lowest BCUT2D eigenvalue weighted by Crippen LogP contribution is -2.48. The maximum Gasteiger partial charge on any atom is 0.246 e. The van der Waals surface area contributed by atoms with Gasteiger partial charge in [-0.15, -0.1) is 0 Å². The van der Waals surface area contributed by atoms with E-state index in [9.17, 15) is 18.3 Å². The van der Waals surface area contributed by atoms with Crippen molar-refractivity contribution < 1.29 is 18.3 Å². The van der Waals surface area contributed by atoms with E-state index in [-0.39, 0.29) is 17.0 Å². The monoisotopic (exact) mass is 374 g/mol. The van der Waals surface area contributed by atoms with Crippen molar-refractivity contribution in [2.75, 3.05) is 6.54 Å². The topological polar surface area (TPSA) is 103 Å². The van der Waals surface area contributed by atoms with Crippen LogP contribution < -0.4 is 5.11 Å². The first-order chi connectivity index (χ1) is 12.0. The zero-order valence-electron chi connectivity index (χ0n) is 12.8. The lowest BCUT2D eigenvalue weighted by atomic mass is 9.94. The smallest absolute Gasteiger partial charge is 0.246 e. The normalized spacial score (nSPS) is 18.2. The van der Waals surface area contributed by atoms with Crippen LogP contribution in [-0.4, -0.2) is 34.0 Å². The number of aliphatic carboxylic acids is 1. The van der Waals surface area contributed by atoms with Gasteiger partial charge in [0, 0.05) is 6.54 Å². The predicted octanol–water partition coefficient (Wildman–Crippen LogP) is 0.729. The van der Waals surface area contributed by atoms with Crippen molar-refractivity contribution in [1.29, 1.82) is 0 Å². The number of rotatable bonds is 3. The summed E-state index contributed by atoms with van der Waals surface area (Å²) in [5.74, 6) is -1.45. The molecule has 0 aliphatic carbocycles. The van der Waals surface area contributed by atoms with E-state index in [0.29, 0.717) is 17.5 Å². The van der Waals surface area contributed by atoms with Crippen molar-refractivity contribution in [3.05, 3.63) is 53.6 Å². The van der Waals surface area contributed by atoms with Gasteiger partial charge in [0.05, 0.1) is 23.7 Å². The summed E-state index contributed by atoms with van der Waals surface area (Å²) in [7, 11) is -4.08. The quantitative estimate of drug-likeness (QED) is 0.669. The minimum Gasteiger partial charge on any atom is -0.548 e. The Morgan fingerprint density at radius 1 is 1.16 bits per heavy atom. The van der Waals surface area contributed by atoms with E-state index in [1.807, 2.05) is 0 Å². The van der Waals surface area contributed by atoms with Crippen molar-refractivity contribution in [3.63, 3.8) is 0 Å². The number of carbonyl (C=O) groups excluding carboxylic acids is 1. The Morgan fingerprint density at radius 2 is 1.96 bits per heavy atom. The number of aromatic nitrogens is 2. The highest BCUT2D eigenvalue weighted by molar-refractivity contribution is 7.89. The van der Waals surface area contributed by atoms with Crippen LogP contribution in [0.5, 0.6) is 0 Å². The van der Waals surface area contributed by atoms with Crippen LogP contribution >= 0.6 is 11.7 Å². The highest BCUT2D eigenvalue weighted by Gasteiger charge is 2.38. The molecule has 0 bridgehead atoms. The third-order valence-electron chi connectivity index (χ3n) is 4.30. The summed E-state index contributed by atoms with van der Waals surface area (Å²) >= 11 is 0.914. The zero-order valence-corrected chi connectivity index (χ0v) is 14.5. The molecule has 0 unspecified atom stereocenters. The predicted molar refractivity (Wildman–Crippen MR) is 89.2 cm³/mol. The van der Waals surface area contributed by atoms with Gasteiger partial charge in [-0.1, -0.05) is 30.3 Å². The van der Waals surface area contributed by atoms with E-state index < -0.39 is 22.0 Å². The molecule has 2 aromatic carbocycles. The Kier molecular flexibility index (Phi) is 3.78. The molecule has 0 amide bonds. The summed E-state index contributed by atoms with van der Waals surface area (Å²) in [5, 5.41) is 11.8. The molecule has 0 spiro atoms. The van der Waals surface area contributed by atoms with E-state index in [0.717, 1.165) is 21.6 Å². The van der Waals surface area contributed by atoms with Crippen molar-refractivity contribution in [2.45, 2.75) is 17.4 Å². The minimum atomic E-state index is -4.08. The minimum absolute atomic E-state index is 0.0376. The van der Waals surface area contributed by atoms with Crippen LogP contribution in [0.15, 0.2) is 47.4 Å². The van der Waals surface area contributed by atoms with Gasteiger partial charge in [-0.05, 0) is 29.7 Å². The molecule has 0 radical (unpaired) electrons. The second kappa shape index (κ2) is 5.87. The maximum absolute atomic E-state index is 13.2. The molecule has 2 heterocycles. The first kappa shape index (κ1) is 16.1. The lowest BCUT2D eigenvalue weighted by Gasteiger charge is -2.36. The first-order valence-corrected chi connectivity index (χ1v) is 9.69. The Labute approximate surface area is 147 Å². The number of hydrogen-bond donors (Lipinski definition) is 0. The molecule has 7 nitrogen and oxygen atoms in total. The molecule has 128 valence electrons. The van der Waals surface area contributed by atoms with Gasteiger partial charge in [0.25, 0.3) is 0 Å². The fourth-order valence-corrected chi connectivity index (χ4v) is 5.48. The number of carbonyl (C=O) groups is 1. The van der Waals surface area contributed by atoms with E-state index in [1.165, 1.54) is 6.07 Å². The van der Waals surface area contributed by atoms with Crippen LogP contribution in [0.2, 0.25) is 0 Å². The largest absolute Gasteiger partial charge is 0.548 e. The van der Waals surface area contributed by atoms with E-state index in [2.05, 4.69) is 8.75 Å². The van der Waals surface area contributed by atoms with Crippen LogP contribution in [0.1, 0.15) is 17.2 Å². The summed E-state index contributed by atoms with van der Waals surface area (Å²) in [6, 6.07) is 10.2. The molecular weight excluding hydrogens is 362 g/mol. The molecule has 0 N–H and O–H groups in total. The van der Waals surface area contributed by atoms with Crippen LogP contribution in [0.4, 0.5) is 0 Å². The number of carboxylic acids is 1. The number of carboxylic acid groups (broad SMARTS) is 1. The highest BCUT2D eigenvalue weighted by Crippen LogP contribution is 2.35. The molecule has 1 aliphatic rings. The Hall–Kier alpha value is -2.36. The molecular formula is C16H12N3O4S2-. The summed E-state index contributed by atoms with van der Waals surface area (Å²) in [4.78, 5) is 11.7. The Morgan fingerprint density at radius 3 is 2.76 bits per heavy atom. The van der Waals surface area contributed by atoms with Gasteiger partial charge in [0.1, 0.15) is 15.9 Å². The molecule has 1 aromatic heterocycles. The van der Waals surface area contributed by atoms with E-state index in [4.69, 9.17) is 0 Å². The van der Waals surface area contributed by atoms with Gasteiger partial charge in [-0.25, -0.2) is 8.42 Å². The van der Waals surface area contributed by atoms with Gasteiger partial charge in [-0.3, -0.25) is 0 Å². The lowest BCUT2D eigenvalue weighted by molar-refractivity contribution is -0.311. The summed E-state index contributed by atoms with van der Waals surface area (Å²) in [6.45, 7) is 0.0615. The van der Waals surface area contributed by atoms with Crippen LogP contribution in [0, 0.1) is 0 Å². The van der Waals surface area contributed by atoms with Gasteiger partial charge in [-0.2, -0.15) is 13.1 Å². The standard InChI is InChI=1S/C16H13N3O4S2/c20-16(21)15-11-5-2-1-4-10(11)8-9-19(15)25(22,23)13-7-3-6-12-14(13)18-24-17-12/h1-7,15H,8-9H2,(H,20,21)/p-1/t15-/m0/s1. The highest BCUT2D eigenvalue weighted by atomic mass is 32.2. The van der Waals surface area contributed by atoms with Crippen molar-refractivity contribution in [3.8, 4) is 0 Å². The number of hydrogen-bond acceptors (Lipinski definition) is 7. The first-order valence-electron chi connectivity index (χ1n) is 7.52. The third-order valence-corrected chi connectivity index (χ3v) is 6.74. The SMILES string of the molecule is O=C([O-])[C@@H]1c2ccccc2CCN1S(=O)(=O)c1cccc2nsnc12. The second-order valence-corrected chi connectivity index (χ2v) is 8.06. The van der Waals surface area contributed by atoms with E-state index in [1.54, 1.807) is 36.4 Å². The number of nitrogens with zero attached hydrogens (tertiary/aromatic N) is 3. The molecule has 0 saturated heterocycles. The van der Waals surface area contributed by atoms with Crippen molar-refractivity contribution in [1.82, 2.24) is 13.1 Å². The summed E-state index contributed by atoms with van der Waals surface area (Å²) in [6.07, 6.45) is 0.435. The molecule has 0 saturated carbocycles. The molecule has 9 heteroatoms. The average molecular weight is 374 g/mol. The van der Waals surface area contributed by atoms with Gasteiger partial charge >= 0.3 is 0 Å². The van der Waals surface area contributed by atoms with Crippen LogP contribution in [-0.2, 0) is 21.2 Å². The summed E-state index contributed by atoms with van der Waals surface area (Å²) < 4.78 is 35.5. The van der Waals surface area contributed by atoms with Gasteiger partial charge in [0.2, 0.25) is 10.0 Å². The van der Waals surface area contributed by atoms with Gasteiger partial charge in [0.15, 0.2) is 0 Å². The third kappa shape index (κ3) is 2.51. The average Bonchev–Trinajstić information content (AvgIpc) is 3.09. The van der Waals surface area contributed by atoms with Gasteiger partial charge < -0.3 is 9.90 Å². The maximum atomic E-state index is 13.2. The van der Waals surface area contributed by atoms with Crippen molar-refractivity contribution >= 4 is 38.8 Å². The number of benzene rings is 2. The molecule has 4 rings (SSSR count). The molecule has 1 atom stereocenters. The summed E-state index contributed by atoms with van der Waals surface area (Å²) in [5.41, 5.74) is 1.98. The van der Waals surface area contributed by atoms with Crippen LogP contribution in [0.3, 0.4) is 0 Å². The van der Waals surface area contributed by atoms with Crippen molar-refractivity contribution in [2.24, 2.45) is 0 Å². The molecule has 0 fully saturated rings. The zero-order chi connectivity index (χ0) is 17.6. The molecule has 1 aliphatic heterocycles. The molecule has 3 aromatic rings. The Balaban J connectivity index is 1.88.